The molecule has 204 valence electrons. The van der Waals surface area contributed by atoms with Crippen LogP contribution in [-0.4, -0.2) is 29.4 Å². The van der Waals surface area contributed by atoms with Gasteiger partial charge in [0, 0.05) is 24.1 Å². The van der Waals surface area contributed by atoms with Crippen molar-refractivity contribution in [1.82, 2.24) is 4.90 Å². The molecule has 0 spiro atoms. The van der Waals surface area contributed by atoms with Crippen LogP contribution >= 0.6 is 0 Å². The molecule has 0 N–H and O–H groups in total. The number of hydrogen-bond donors (Lipinski definition) is 0. The minimum atomic E-state index is -0.929. The van der Waals surface area contributed by atoms with E-state index in [-0.39, 0.29) is 19.1 Å². The zero-order chi connectivity index (χ0) is 27.9. The molecule has 1 unspecified atom stereocenters. The lowest BCUT2D eigenvalue weighted by atomic mass is 9.90. The van der Waals surface area contributed by atoms with Gasteiger partial charge in [-0.3, -0.25) is 4.79 Å². The second kappa shape index (κ2) is 12.5. The Morgan fingerprint density at radius 1 is 0.875 bits per heavy atom. The molecular weight excluding hydrogens is 502 g/mol. The largest absolute Gasteiger partial charge is 0.488 e. The number of ether oxygens (including phenoxy) is 3. The van der Waals surface area contributed by atoms with Crippen LogP contribution in [0.5, 0.6) is 11.5 Å². The van der Waals surface area contributed by atoms with Crippen LogP contribution in [0.4, 0.5) is 0 Å². The van der Waals surface area contributed by atoms with E-state index in [2.05, 4.69) is 0 Å². The van der Waals surface area contributed by atoms with Crippen molar-refractivity contribution in [1.29, 1.82) is 0 Å². The van der Waals surface area contributed by atoms with Crippen molar-refractivity contribution in [3.05, 3.63) is 131 Å². The van der Waals surface area contributed by atoms with Gasteiger partial charge in [0.05, 0.1) is 6.61 Å². The van der Waals surface area contributed by atoms with Gasteiger partial charge in [0.15, 0.2) is 0 Å². The SMILES string of the molecule is CCOC(=O)[C@@H]1Cc2c(ccc(C)c2OCc2ccccc2)CN1C(=O)C(Oc1ccccc1)c1ccccc1. The molecule has 0 bridgehead atoms. The highest BCUT2D eigenvalue weighted by Crippen LogP contribution is 2.36. The summed E-state index contributed by atoms with van der Waals surface area (Å²) in [5.41, 5.74) is 4.61. The number of para-hydroxylation sites is 1. The third kappa shape index (κ3) is 6.01. The minimum Gasteiger partial charge on any atom is -0.488 e. The first-order valence-corrected chi connectivity index (χ1v) is 13.6. The molecule has 1 aliphatic heterocycles. The van der Waals surface area contributed by atoms with Crippen LogP contribution in [0.15, 0.2) is 103 Å². The molecule has 1 amide bonds. The molecule has 0 saturated heterocycles. The average Bonchev–Trinajstić information content (AvgIpc) is 3.00. The summed E-state index contributed by atoms with van der Waals surface area (Å²) in [6.07, 6.45) is -0.639. The summed E-state index contributed by atoms with van der Waals surface area (Å²) < 4.78 is 18.0. The topological polar surface area (TPSA) is 65.1 Å². The van der Waals surface area contributed by atoms with Crippen LogP contribution in [0.3, 0.4) is 0 Å². The first kappa shape index (κ1) is 27.0. The molecule has 5 rings (SSSR count). The number of amides is 1. The molecule has 1 aliphatic rings. The van der Waals surface area contributed by atoms with Gasteiger partial charge in [-0.25, -0.2) is 4.79 Å². The summed E-state index contributed by atoms with van der Waals surface area (Å²) in [7, 11) is 0. The second-order valence-corrected chi connectivity index (χ2v) is 9.78. The van der Waals surface area contributed by atoms with E-state index in [9.17, 15) is 9.59 Å². The lowest BCUT2D eigenvalue weighted by molar-refractivity contribution is -0.158. The van der Waals surface area contributed by atoms with Crippen molar-refractivity contribution in [2.45, 2.75) is 45.6 Å². The van der Waals surface area contributed by atoms with E-state index in [0.29, 0.717) is 24.3 Å². The molecule has 0 fully saturated rings. The molecule has 6 nitrogen and oxygen atoms in total. The Kier molecular flexibility index (Phi) is 8.45. The van der Waals surface area contributed by atoms with Crippen LogP contribution in [0.1, 0.15) is 40.8 Å². The highest BCUT2D eigenvalue weighted by molar-refractivity contribution is 5.89. The lowest BCUT2D eigenvalue weighted by Gasteiger charge is -2.38. The number of nitrogens with zero attached hydrogens (tertiary/aromatic N) is 1. The van der Waals surface area contributed by atoms with Gasteiger partial charge in [0.2, 0.25) is 6.10 Å². The van der Waals surface area contributed by atoms with Gasteiger partial charge in [-0.1, -0.05) is 91.0 Å². The Morgan fingerprint density at radius 3 is 2.20 bits per heavy atom. The molecule has 2 atom stereocenters. The van der Waals surface area contributed by atoms with E-state index < -0.39 is 18.1 Å². The number of aryl methyl sites for hydroxylation is 1. The van der Waals surface area contributed by atoms with E-state index in [1.54, 1.807) is 11.8 Å². The summed E-state index contributed by atoms with van der Waals surface area (Å²) in [5.74, 6) is 0.583. The number of carbonyl (C=O) groups excluding carboxylic acids is 2. The Hall–Kier alpha value is -4.58. The summed E-state index contributed by atoms with van der Waals surface area (Å²) in [6, 6.07) is 31.8. The van der Waals surface area contributed by atoms with Crippen molar-refractivity contribution in [3.8, 4) is 11.5 Å². The van der Waals surface area contributed by atoms with Crippen molar-refractivity contribution >= 4 is 11.9 Å². The van der Waals surface area contributed by atoms with Crippen LogP contribution in [-0.2, 0) is 33.9 Å². The fraction of sp³-hybridized carbons (Fsp3) is 0.235. The predicted molar refractivity (Wildman–Crippen MR) is 153 cm³/mol. The highest BCUT2D eigenvalue weighted by Gasteiger charge is 2.41. The number of carbonyl (C=O) groups is 2. The Balaban J connectivity index is 1.49. The molecule has 1 heterocycles. The van der Waals surface area contributed by atoms with Crippen LogP contribution < -0.4 is 9.47 Å². The normalized spacial score (nSPS) is 15.1. The number of hydrogen-bond acceptors (Lipinski definition) is 5. The smallest absolute Gasteiger partial charge is 0.329 e. The van der Waals surface area contributed by atoms with Gasteiger partial charge < -0.3 is 19.1 Å². The maximum Gasteiger partial charge on any atom is 0.329 e. The van der Waals surface area contributed by atoms with Crippen LogP contribution in [0, 0.1) is 6.92 Å². The average molecular weight is 536 g/mol. The maximum atomic E-state index is 14.3. The molecule has 40 heavy (non-hydrogen) atoms. The Bertz CT molecular complexity index is 1440. The van der Waals surface area contributed by atoms with Crippen molar-refractivity contribution < 1.29 is 23.8 Å². The molecule has 0 saturated carbocycles. The van der Waals surface area contributed by atoms with E-state index in [4.69, 9.17) is 14.2 Å². The van der Waals surface area contributed by atoms with Gasteiger partial charge >= 0.3 is 5.97 Å². The summed E-state index contributed by atoms with van der Waals surface area (Å²) in [6.45, 7) is 4.63. The third-order valence-electron chi connectivity index (χ3n) is 7.06. The fourth-order valence-corrected chi connectivity index (χ4v) is 5.04. The summed E-state index contributed by atoms with van der Waals surface area (Å²) in [4.78, 5) is 29.2. The summed E-state index contributed by atoms with van der Waals surface area (Å²) in [5, 5.41) is 0. The molecular formula is C34H33NO5. The quantitative estimate of drug-likeness (QED) is 0.239. The van der Waals surface area contributed by atoms with Crippen LogP contribution in [0.25, 0.3) is 0 Å². The zero-order valence-corrected chi connectivity index (χ0v) is 22.8. The van der Waals surface area contributed by atoms with Crippen molar-refractivity contribution in [2.24, 2.45) is 0 Å². The molecule has 4 aromatic carbocycles. The standard InChI is InChI=1S/C34H33NO5/c1-3-38-34(37)30-21-29-27(20-19-24(2)31(29)39-23-25-13-7-4-8-14-25)22-35(30)33(36)32(26-15-9-5-10-16-26)40-28-17-11-6-12-18-28/h4-20,30,32H,3,21-23H2,1-2H3/t30-,32?/m0/s1. The van der Waals surface area contributed by atoms with Gasteiger partial charge in [0.1, 0.15) is 24.1 Å². The minimum absolute atomic E-state index is 0.220. The van der Waals surface area contributed by atoms with Crippen molar-refractivity contribution in [2.75, 3.05) is 6.61 Å². The maximum absolute atomic E-state index is 14.3. The van der Waals surface area contributed by atoms with E-state index in [0.717, 1.165) is 28.0 Å². The predicted octanol–water partition coefficient (Wildman–Crippen LogP) is 6.21. The van der Waals surface area contributed by atoms with E-state index in [1.807, 2.05) is 110 Å². The van der Waals surface area contributed by atoms with E-state index >= 15 is 0 Å². The lowest BCUT2D eigenvalue weighted by Crippen LogP contribution is -2.51. The Labute approximate surface area is 235 Å². The first-order chi connectivity index (χ1) is 19.5. The molecule has 0 aliphatic carbocycles. The number of rotatable bonds is 9. The fourth-order valence-electron chi connectivity index (χ4n) is 5.04. The van der Waals surface area contributed by atoms with Gasteiger partial charge in [-0.2, -0.15) is 0 Å². The van der Waals surface area contributed by atoms with Gasteiger partial charge in [-0.15, -0.1) is 0 Å². The second-order valence-electron chi connectivity index (χ2n) is 9.78. The monoisotopic (exact) mass is 535 g/mol. The number of fused-ring (bicyclic) bond motifs is 1. The van der Waals surface area contributed by atoms with Gasteiger partial charge in [0.25, 0.3) is 5.91 Å². The van der Waals surface area contributed by atoms with Gasteiger partial charge in [-0.05, 0) is 42.7 Å². The summed E-state index contributed by atoms with van der Waals surface area (Å²) >= 11 is 0. The Morgan fingerprint density at radius 2 is 1.52 bits per heavy atom. The highest BCUT2D eigenvalue weighted by atomic mass is 16.5. The molecule has 0 radical (unpaired) electrons. The molecule has 6 heteroatoms. The molecule has 0 aromatic heterocycles. The van der Waals surface area contributed by atoms with Crippen molar-refractivity contribution in [3.63, 3.8) is 0 Å². The van der Waals surface area contributed by atoms with E-state index in [1.165, 1.54) is 0 Å². The molecule has 4 aromatic rings. The zero-order valence-electron chi connectivity index (χ0n) is 22.8. The third-order valence-corrected chi connectivity index (χ3v) is 7.06. The number of esters is 1. The number of benzene rings is 4. The van der Waals surface area contributed by atoms with Crippen LogP contribution in [0.2, 0.25) is 0 Å². The first-order valence-electron chi connectivity index (χ1n) is 13.6.